The lowest BCUT2D eigenvalue weighted by Gasteiger charge is -2.30. The van der Waals surface area contributed by atoms with Crippen LogP contribution in [0.25, 0.3) is 11.4 Å². The van der Waals surface area contributed by atoms with Gasteiger partial charge in [0.2, 0.25) is 17.6 Å². The van der Waals surface area contributed by atoms with Crippen molar-refractivity contribution in [2.45, 2.75) is 37.0 Å². The van der Waals surface area contributed by atoms with E-state index in [1.807, 2.05) is 48.2 Å². The molecule has 8 heteroatoms. The Labute approximate surface area is 226 Å². The third kappa shape index (κ3) is 6.80. The monoisotopic (exact) mass is 532 g/mol. The van der Waals surface area contributed by atoms with E-state index >= 15 is 0 Å². The number of benzene rings is 3. The molecule has 2 heterocycles. The standard InChI is InChI=1S/C29H29ClN4O2S/c1-20-16-21(19-37-25-8-3-2-4-9-25)10-11-26(20)31-29(35)22-12-14-34(15-13-22)18-27-32-28(33-36-27)23-6-5-7-24(30)17-23/h2-11,16-17,22H,12-15,18-19H2,1H3,(H,31,35). The topological polar surface area (TPSA) is 71.3 Å². The van der Waals surface area contributed by atoms with Gasteiger partial charge in [-0.2, -0.15) is 4.98 Å². The predicted molar refractivity (Wildman–Crippen MR) is 149 cm³/mol. The number of aryl methyl sites for hydroxylation is 1. The highest BCUT2D eigenvalue weighted by atomic mass is 35.5. The molecule has 1 aliphatic heterocycles. The Bertz CT molecular complexity index is 1350. The van der Waals surface area contributed by atoms with Crippen molar-refractivity contribution in [3.05, 3.63) is 94.8 Å². The van der Waals surface area contributed by atoms with E-state index in [1.54, 1.807) is 0 Å². The summed E-state index contributed by atoms with van der Waals surface area (Å²) in [4.78, 5) is 21.0. The summed E-state index contributed by atoms with van der Waals surface area (Å²) in [6.45, 7) is 4.24. The number of carbonyl (C=O) groups is 1. The molecule has 0 saturated carbocycles. The molecule has 6 nitrogen and oxygen atoms in total. The van der Waals surface area contributed by atoms with E-state index in [2.05, 4.69) is 63.7 Å². The van der Waals surface area contributed by atoms with Crippen LogP contribution >= 0.6 is 23.4 Å². The van der Waals surface area contributed by atoms with Gasteiger partial charge in [-0.1, -0.05) is 59.2 Å². The first-order valence-corrected chi connectivity index (χ1v) is 13.8. The number of nitrogens with zero attached hydrogens (tertiary/aromatic N) is 3. The molecule has 0 spiro atoms. The highest BCUT2D eigenvalue weighted by molar-refractivity contribution is 7.98. The molecule has 3 aromatic carbocycles. The molecule has 190 valence electrons. The van der Waals surface area contributed by atoms with Gasteiger partial charge in [0, 0.05) is 32.8 Å². The number of carbonyl (C=O) groups excluding carboxylic acids is 1. The van der Waals surface area contributed by atoms with Crippen molar-refractivity contribution in [3.8, 4) is 11.4 Å². The van der Waals surface area contributed by atoms with E-state index in [4.69, 9.17) is 16.1 Å². The third-order valence-electron chi connectivity index (χ3n) is 6.57. The molecule has 0 bridgehead atoms. The van der Waals surface area contributed by atoms with Crippen molar-refractivity contribution in [2.24, 2.45) is 5.92 Å². The number of likely N-dealkylation sites (tertiary alicyclic amines) is 1. The van der Waals surface area contributed by atoms with Crippen LogP contribution in [0.5, 0.6) is 0 Å². The van der Waals surface area contributed by atoms with Gasteiger partial charge in [-0.15, -0.1) is 11.8 Å². The summed E-state index contributed by atoms with van der Waals surface area (Å²) in [5, 5.41) is 7.88. The summed E-state index contributed by atoms with van der Waals surface area (Å²) < 4.78 is 5.45. The number of amides is 1. The fourth-order valence-corrected chi connectivity index (χ4v) is 5.54. The molecule has 37 heavy (non-hydrogen) atoms. The maximum Gasteiger partial charge on any atom is 0.241 e. The van der Waals surface area contributed by atoms with Crippen molar-refractivity contribution in [3.63, 3.8) is 0 Å². The van der Waals surface area contributed by atoms with Crippen LogP contribution in [0.1, 0.15) is 29.9 Å². The summed E-state index contributed by atoms with van der Waals surface area (Å²) in [6, 6.07) is 24.1. The van der Waals surface area contributed by atoms with E-state index in [-0.39, 0.29) is 11.8 Å². The molecular weight excluding hydrogens is 504 g/mol. The maximum absolute atomic E-state index is 13.0. The normalized spacial score (nSPS) is 14.5. The second-order valence-electron chi connectivity index (χ2n) is 9.31. The number of halogens is 1. The lowest BCUT2D eigenvalue weighted by molar-refractivity contribution is -0.121. The second kappa shape index (κ2) is 11.9. The molecule has 1 amide bonds. The lowest BCUT2D eigenvalue weighted by Crippen LogP contribution is -2.37. The Kier molecular flexibility index (Phi) is 8.24. The molecule has 5 rings (SSSR count). The van der Waals surface area contributed by atoms with Crippen molar-refractivity contribution < 1.29 is 9.32 Å². The van der Waals surface area contributed by atoms with E-state index in [9.17, 15) is 4.79 Å². The molecule has 1 aromatic heterocycles. The number of thioether (sulfide) groups is 1. The van der Waals surface area contributed by atoms with Crippen LogP contribution in [0.2, 0.25) is 5.02 Å². The second-order valence-corrected chi connectivity index (χ2v) is 10.8. The van der Waals surface area contributed by atoms with Gasteiger partial charge in [-0.05, 0) is 74.3 Å². The van der Waals surface area contributed by atoms with E-state index in [0.29, 0.717) is 23.3 Å². The summed E-state index contributed by atoms with van der Waals surface area (Å²) in [7, 11) is 0. The number of aromatic nitrogens is 2. The van der Waals surface area contributed by atoms with Gasteiger partial charge in [0.1, 0.15) is 0 Å². The van der Waals surface area contributed by atoms with Crippen LogP contribution in [-0.2, 0) is 17.1 Å². The molecule has 0 radical (unpaired) electrons. The fourth-order valence-electron chi connectivity index (χ4n) is 4.48. The van der Waals surface area contributed by atoms with Crippen molar-refractivity contribution >= 4 is 35.0 Å². The largest absolute Gasteiger partial charge is 0.338 e. The van der Waals surface area contributed by atoms with Crippen molar-refractivity contribution in [2.75, 3.05) is 18.4 Å². The number of hydrogen-bond donors (Lipinski definition) is 1. The Hall–Kier alpha value is -3.13. The zero-order valence-corrected chi connectivity index (χ0v) is 22.3. The molecule has 0 unspecified atom stereocenters. The SMILES string of the molecule is Cc1cc(CSc2ccccc2)ccc1NC(=O)C1CCN(Cc2nc(-c3cccc(Cl)c3)no2)CC1. The minimum Gasteiger partial charge on any atom is -0.338 e. The van der Waals surface area contributed by atoms with E-state index in [0.717, 1.165) is 48.5 Å². The summed E-state index contributed by atoms with van der Waals surface area (Å²) in [5.41, 5.74) is 4.05. The number of rotatable bonds is 8. The van der Waals surface area contributed by atoms with Crippen LogP contribution in [0.4, 0.5) is 5.69 Å². The van der Waals surface area contributed by atoms with E-state index in [1.165, 1.54) is 10.5 Å². The predicted octanol–water partition coefficient (Wildman–Crippen LogP) is 6.84. The average Bonchev–Trinajstić information content (AvgIpc) is 3.38. The first kappa shape index (κ1) is 25.5. The molecule has 1 N–H and O–H groups in total. The number of nitrogens with one attached hydrogen (secondary N) is 1. The average molecular weight is 533 g/mol. The molecule has 1 fully saturated rings. The van der Waals surface area contributed by atoms with Crippen molar-refractivity contribution in [1.82, 2.24) is 15.0 Å². The minimum absolute atomic E-state index is 0.00586. The number of anilines is 1. The quantitative estimate of drug-likeness (QED) is 0.250. The van der Waals surface area contributed by atoms with Crippen LogP contribution in [-0.4, -0.2) is 34.0 Å². The zero-order chi connectivity index (χ0) is 25.6. The van der Waals surface area contributed by atoms with Gasteiger partial charge in [-0.3, -0.25) is 9.69 Å². The van der Waals surface area contributed by atoms with Crippen LogP contribution in [0.15, 0.2) is 82.2 Å². The maximum atomic E-state index is 13.0. The van der Waals surface area contributed by atoms with Crippen LogP contribution in [0.3, 0.4) is 0 Å². The highest BCUT2D eigenvalue weighted by Gasteiger charge is 2.26. The lowest BCUT2D eigenvalue weighted by atomic mass is 9.95. The smallest absolute Gasteiger partial charge is 0.241 e. The molecule has 0 atom stereocenters. The van der Waals surface area contributed by atoms with Gasteiger partial charge in [-0.25, -0.2) is 0 Å². The zero-order valence-electron chi connectivity index (χ0n) is 20.7. The van der Waals surface area contributed by atoms with Gasteiger partial charge >= 0.3 is 0 Å². The third-order valence-corrected chi connectivity index (χ3v) is 7.88. The Morgan fingerprint density at radius 2 is 1.89 bits per heavy atom. The molecule has 4 aromatic rings. The van der Waals surface area contributed by atoms with Crippen LogP contribution in [0, 0.1) is 12.8 Å². The van der Waals surface area contributed by atoms with Gasteiger partial charge in [0.15, 0.2) is 0 Å². The number of hydrogen-bond acceptors (Lipinski definition) is 6. The Morgan fingerprint density at radius 3 is 2.65 bits per heavy atom. The van der Waals surface area contributed by atoms with E-state index < -0.39 is 0 Å². The number of piperidine rings is 1. The minimum atomic E-state index is -0.00586. The summed E-state index contributed by atoms with van der Waals surface area (Å²) in [6.07, 6.45) is 1.60. The van der Waals surface area contributed by atoms with Crippen LogP contribution < -0.4 is 5.32 Å². The molecule has 1 saturated heterocycles. The van der Waals surface area contributed by atoms with Gasteiger partial charge in [0.05, 0.1) is 6.54 Å². The molecule has 0 aliphatic carbocycles. The van der Waals surface area contributed by atoms with Crippen molar-refractivity contribution in [1.29, 1.82) is 0 Å². The summed E-state index contributed by atoms with van der Waals surface area (Å²) >= 11 is 7.88. The fraction of sp³-hybridized carbons (Fsp3) is 0.276. The first-order chi connectivity index (χ1) is 18.0. The summed E-state index contributed by atoms with van der Waals surface area (Å²) in [5.74, 6) is 2.09. The van der Waals surface area contributed by atoms with Gasteiger partial charge in [0.25, 0.3) is 0 Å². The Balaban J connectivity index is 1.10. The van der Waals surface area contributed by atoms with Gasteiger partial charge < -0.3 is 9.84 Å². The molecular formula is C29H29ClN4O2S. The highest BCUT2D eigenvalue weighted by Crippen LogP contribution is 2.27. The first-order valence-electron chi connectivity index (χ1n) is 12.4. The molecule has 1 aliphatic rings. The Morgan fingerprint density at radius 1 is 1.08 bits per heavy atom.